The molecule has 1 heterocycles. The van der Waals surface area contributed by atoms with Gasteiger partial charge in [0.1, 0.15) is 12.4 Å². The van der Waals surface area contributed by atoms with E-state index in [1.165, 1.54) is 0 Å². The van der Waals surface area contributed by atoms with Crippen molar-refractivity contribution in [3.8, 4) is 17.2 Å². The second-order valence-corrected chi connectivity index (χ2v) is 7.99. The van der Waals surface area contributed by atoms with Gasteiger partial charge in [0, 0.05) is 39.5 Å². The number of ether oxygens (including phenoxy) is 3. The van der Waals surface area contributed by atoms with E-state index in [1.54, 1.807) is 0 Å². The molecule has 0 aliphatic carbocycles. The molecular formula is C25H19Cl2NO3. The molecule has 0 radical (unpaired) electrons. The zero-order valence-corrected chi connectivity index (χ0v) is 18.0. The summed E-state index contributed by atoms with van der Waals surface area (Å²) in [6, 6.07) is 23.6. The molecule has 5 rings (SSSR count). The zero-order chi connectivity index (χ0) is 21.2. The minimum atomic E-state index is 0.255. The molecular weight excluding hydrogens is 433 g/mol. The van der Waals surface area contributed by atoms with Gasteiger partial charge in [-0.1, -0.05) is 59.6 Å². The van der Waals surface area contributed by atoms with Crippen molar-refractivity contribution in [2.75, 3.05) is 12.1 Å². The summed E-state index contributed by atoms with van der Waals surface area (Å²) in [4.78, 5) is 0. The number of fused-ring (bicyclic) bond motifs is 2. The monoisotopic (exact) mass is 451 g/mol. The van der Waals surface area contributed by atoms with Crippen molar-refractivity contribution >= 4 is 39.7 Å². The molecule has 0 unspecified atom stereocenters. The summed E-state index contributed by atoms with van der Waals surface area (Å²) in [5.74, 6) is 2.28. The van der Waals surface area contributed by atoms with E-state index >= 15 is 0 Å². The second-order valence-electron chi connectivity index (χ2n) is 7.17. The largest absolute Gasteiger partial charge is 0.488 e. The van der Waals surface area contributed by atoms with E-state index in [1.807, 2.05) is 54.6 Å². The highest BCUT2D eigenvalue weighted by Gasteiger charge is 2.15. The molecule has 0 saturated heterocycles. The molecule has 1 N–H and O–H groups in total. The van der Waals surface area contributed by atoms with Crippen LogP contribution < -0.4 is 19.5 Å². The average Bonchev–Trinajstić information content (AvgIpc) is 3.25. The lowest BCUT2D eigenvalue weighted by molar-refractivity contribution is 0.174. The Bertz CT molecular complexity index is 1240. The Labute approximate surface area is 190 Å². The van der Waals surface area contributed by atoms with Crippen LogP contribution >= 0.6 is 23.2 Å². The van der Waals surface area contributed by atoms with Crippen molar-refractivity contribution in [2.45, 2.75) is 13.2 Å². The lowest BCUT2D eigenvalue weighted by Crippen LogP contribution is -2.05. The van der Waals surface area contributed by atoms with Crippen LogP contribution in [0.4, 0.5) is 5.69 Å². The molecule has 0 fully saturated rings. The van der Waals surface area contributed by atoms with Gasteiger partial charge in [0.15, 0.2) is 11.5 Å². The van der Waals surface area contributed by atoms with E-state index in [0.717, 1.165) is 44.8 Å². The Morgan fingerprint density at radius 3 is 2.48 bits per heavy atom. The Morgan fingerprint density at radius 2 is 1.61 bits per heavy atom. The van der Waals surface area contributed by atoms with Gasteiger partial charge in [0.05, 0.1) is 0 Å². The Kier molecular flexibility index (Phi) is 5.49. The van der Waals surface area contributed by atoms with E-state index in [2.05, 4.69) is 23.5 Å². The van der Waals surface area contributed by atoms with Crippen LogP contribution in [-0.4, -0.2) is 6.79 Å². The number of benzene rings is 4. The first kappa shape index (κ1) is 19.9. The summed E-state index contributed by atoms with van der Waals surface area (Å²) in [6.07, 6.45) is 0. The van der Waals surface area contributed by atoms with Gasteiger partial charge < -0.3 is 19.5 Å². The van der Waals surface area contributed by atoms with Gasteiger partial charge in [-0.05, 0) is 41.1 Å². The molecule has 0 spiro atoms. The van der Waals surface area contributed by atoms with E-state index in [0.29, 0.717) is 16.6 Å². The van der Waals surface area contributed by atoms with Gasteiger partial charge in [-0.2, -0.15) is 0 Å². The van der Waals surface area contributed by atoms with E-state index in [-0.39, 0.29) is 13.4 Å². The van der Waals surface area contributed by atoms with Crippen molar-refractivity contribution in [3.05, 3.63) is 94.0 Å². The molecule has 4 aromatic rings. The summed E-state index contributed by atoms with van der Waals surface area (Å²) in [7, 11) is 0. The smallest absolute Gasteiger partial charge is 0.231 e. The number of halogens is 2. The predicted octanol–water partition coefficient (Wildman–Crippen LogP) is 7.07. The molecule has 0 bridgehead atoms. The highest BCUT2D eigenvalue weighted by atomic mass is 35.5. The topological polar surface area (TPSA) is 39.7 Å². The maximum atomic E-state index is 6.32. The van der Waals surface area contributed by atoms with Crippen molar-refractivity contribution in [3.63, 3.8) is 0 Å². The van der Waals surface area contributed by atoms with Crippen LogP contribution in [0, 0.1) is 0 Å². The van der Waals surface area contributed by atoms with Gasteiger partial charge in [0.2, 0.25) is 6.79 Å². The fourth-order valence-corrected chi connectivity index (χ4v) is 4.16. The van der Waals surface area contributed by atoms with Crippen LogP contribution in [0.2, 0.25) is 10.0 Å². The summed E-state index contributed by atoms with van der Waals surface area (Å²) in [5.41, 5.74) is 2.77. The molecule has 156 valence electrons. The van der Waals surface area contributed by atoms with Crippen molar-refractivity contribution < 1.29 is 14.2 Å². The second kappa shape index (κ2) is 8.58. The lowest BCUT2D eigenvalue weighted by Gasteiger charge is -2.17. The zero-order valence-electron chi connectivity index (χ0n) is 16.5. The molecule has 0 amide bonds. The number of rotatable bonds is 6. The van der Waals surface area contributed by atoms with Crippen molar-refractivity contribution in [1.82, 2.24) is 0 Å². The number of anilines is 1. The van der Waals surface area contributed by atoms with Gasteiger partial charge in [-0.15, -0.1) is 0 Å². The summed E-state index contributed by atoms with van der Waals surface area (Å²) in [6.45, 7) is 1.12. The molecule has 31 heavy (non-hydrogen) atoms. The molecule has 6 heteroatoms. The molecule has 1 aliphatic heterocycles. The van der Waals surface area contributed by atoms with Gasteiger partial charge in [-0.3, -0.25) is 0 Å². The molecule has 4 aromatic carbocycles. The van der Waals surface area contributed by atoms with Gasteiger partial charge >= 0.3 is 0 Å². The lowest BCUT2D eigenvalue weighted by atomic mass is 10.0. The quantitative estimate of drug-likeness (QED) is 0.340. The number of hydrogen-bond acceptors (Lipinski definition) is 4. The maximum absolute atomic E-state index is 6.32. The summed E-state index contributed by atoms with van der Waals surface area (Å²) < 4.78 is 17.1. The first-order valence-electron chi connectivity index (χ1n) is 9.89. The Balaban J connectivity index is 1.44. The van der Waals surface area contributed by atoms with E-state index in [4.69, 9.17) is 37.4 Å². The Morgan fingerprint density at radius 1 is 0.806 bits per heavy atom. The van der Waals surface area contributed by atoms with E-state index < -0.39 is 0 Å². The summed E-state index contributed by atoms with van der Waals surface area (Å²) in [5, 5.41) is 6.93. The first-order chi connectivity index (χ1) is 15.2. The van der Waals surface area contributed by atoms with Crippen LogP contribution in [0.3, 0.4) is 0 Å². The van der Waals surface area contributed by atoms with Gasteiger partial charge in [0.25, 0.3) is 0 Å². The highest BCUT2D eigenvalue weighted by molar-refractivity contribution is 6.35. The Hall–Kier alpha value is -3.08. The third kappa shape index (κ3) is 4.09. The average molecular weight is 452 g/mol. The molecule has 0 atom stereocenters. The fourth-order valence-electron chi connectivity index (χ4n) is 3.65. The molecule has 1 aliphatic rings. The van der Waals surface area contributed by atoms with Crippen molar-refractivity contribution in [2.24, 2.45) is 0 Å². The van der Waals surface area contributed by atoms with Crippen LogP contribution in [0.1, 0.15) is 11.1 Å². The normalized spacial score (nSPS) is 12.2. The van der Waals surface area contributed by atoms with Crippen molar-refractivity contribution in [1.29, 1.82) is 0 Å². The van der Waals surface area contributed by atoms with Gasteiger partial charge in [-0.25, -0.2) is 0 Å². The highest BCUT2D eigenvalue weighted by Crippen LogP contribution is 2.35. The van der Waals surface area contributed by atoms with E-state index in [9.17, 15) is 0 Å². The first-order valence-corrected chi connectivity index (χ1v) is 10.6. The van der Waals surface area contributed by atoms with Crippen LogP contribution in [0.25, 0.3) is 10.8 Å². The van der Waals surface area contributed by atoms with Crippen LogP contribution in [0.5, 0.6) is 17.2 Å². The predicted molar refractivity (Wildman–Crippen MR) is 125 cm³/mol. The van der Waals surface area contributed by atoms with Crippen LogP contribution in [0.15, 0.2) is 72.8 Å². The standard InChI is InChI=1S/C25H19Cl2NO3/c26-21-6-3-7-22(27)20(21)14-29-23-10-8-16-4-1-2-5-18(16)19(23)13-28-17-9-11-24-25(12-17)31-15-30-24/h1-12,28H,13-15H2. The number of hydrogen-bond donors (Lipinski definition) is 1. The van der Waals surface area contributed by atoms with Crippen LogP contribution in [-0.2, 0) is 13.2 Å². The molecule has 4 nitrogen and oxygen atoms in total. The number of nitrogens with one attached hydrogen (secondary N) is 1. The third-order valence-electron chi connectivity index (χ3n) is 5.27. The summed E-state index contributed by atoms with van der Waals surface area (Å²) >= 11 is 12.6. The maximum Gasteiger partial charge on any atom is 0.231 e. The third-order valence-corrected chi connectivity index (χ3v) is 5.98. The fraction of sp³-hybridized carbons (Fsp3) is 0.120. The molecule has 0 aromatic heterocycles. The minimum Gasteiger partial charge on any atom is -0.488 e. The molecule has 0 saturated carbocycles. The minimum absolute atomic E-state index is 0.255. The SMILES string of the molecule is Clc1cccc(Cl)c1COc1ccc2ccccc2c1CNc1ccc2c(c1)OCO2.